The average molecular weight is 366 g/mol. The maximum absolute atomic E-state index is 12.9. The van der Waals surface area contributed by atoms with Crippen molar-refractivity contribution in [3.8, 4) is 0 Å². The van der Waals surface area contributed by atoms with Gasteiger partial charge in [0.1, 0.15) is 11.7 Å². The minimum absolute atomic E-state index is 0.138. The van der Waals surface area contributed by atoms with Crippen LogP contribution in [0.5, 0.6) is 0 Å². The monoisotopic (exact) mass is 366 g/mol. The maximum atomic E-state index is 12.9. The van der Waals surface area contributed by atoms with Crippen molar-refractivity contribution in [3.63, 3.8) is 0 Å². The van der Waals surface area contributed by atoms with Crippen molar-refractivity contribution in [2.45, 2.75) is 25.7 Å². The van der Waals surface area contributed by atoms with Crippen LogP contribution in [0.2, 0.25) is 0 Å². The Morgan fingerprint density at radius 2 is 2.19 bits per heavy atom. The molecule has 26 heavy (non-hydrogen) atoms. The van der Waals surface area contributed by atoms with Crippen LogP contribution in [0.1, 0.15) is 20.9 Å². The fourth-order valence-corrected chi connectivity index (χ4v) is 3.79. The molecule has 1 unspecified atom stereocenters. The van der Waals surface area contributed by atoms with E-state index in [1.54, 1.807) is 34.7 Å². The highest BCUT2D eigenvalue weighted by Crippen LogP contribution is 2.21. The number of thiophene rings is 1. The smallest absolute Gasteiger partial charge is 0.271 e. The van der Waals surface area contributed by atoms with Gasteiger partial charge in [0.05, 0.1) is 13.1 Å². The lowest BCUT2D eigenvalue weighted by Gasteiger charge is -2.35. The van der Waals surface area contributed by atoms with Crippen molar-refractivity contribution in [2.75, 3.05) is 0 Å². The van der Waals surface area contributed by atoms with Crippen molar-refractivity contribution in [1.29, 1.82) is 0 Å². The molecule has 3 aromatic heterocycles. The van der Waals surface area contributed by atoms with Gasteiger partial charge in [-0.15, -0.1) is 11.3 Å². The summed E-state index contributed by atoms with van der Waals surface area (Å²) in [6, 6.07) is 10.8. The van der Waals surface area contributed by atoms with E-state index in [0.29, 0.717) is 25.3 Å². The van der Waals surface area contributed by atoms with Gasteiger partial charge in [0.2, 0.25) is 5.91 Å². The molecule has 0 bridgehead atoms. The van der Waals surface area contributed by atoms with Crippen LogP contribution in [0.3, 0.4) is 0 Å². The molecule has 0 radical (unpaired) electrons. The summed E-state index contributed by atoms with van der Waals surface area (Å²) in [4.78, 5) is 32.6. The molecule has 4 rings (SSSR count). The standard InChI is InChI=1S/C19H18N4O2S/c24-18(21-11-15-5-3-9-26-15)17-13-22-8-2-6-16(22)19(25)23(17)12-14-4-1-7-20-10-14/h1-10,17H,11-13H2,(H,21,24). The molecule has 1 aliphatic rings. The van der Waals surface area contributed by atoms with Crippen molar-refractivity contribution in [2.24, 2.45) is 0 Å². The van der Waals surface area contributed by atoms with Crippen LogP contribution in [0, 0.1) is 0 Å². The second kappa shape index (κ2) is 7.13. The summed E-state index contributed by atoms with van der Waals surface area (Å²) in [6.07, 6.45) is 5.26. The fraction of sp³-hybridized carbons (Fsp3) is 0.211. The molecule has 6 nitrogen and oxygen atoms in total. The number of aromatic nitrogens is 2. The number of fused-ring (bicyclic) bond motifs is 1. The van der Waals surface area contributed by atoms with E-state index in [9.17, 15) is 9.59 Å². The molecule has 0 saturated carbocycles. The van der Waals surface area contributed by atoms with Gasteiger partial charge in [-0.2, -0.15) is 0 Å². The Kier molecular flexibility index (Phi) is 4.53. The van der Waals surface area contributed by atoms with Crippen molar-refractivity contribution in [3.05, 3.63) is 76.5 Å². The minimum Gasteiger partial charge on any atom is -0.349 e. The molecule has 0 spiro atoms. The number of hydrogen-bond donors (Lipinski definition) is 1. The molecule has 0 saturated heterocycles. The van der Waals surface area contributed by atoms with Gasteiger partial charge >= 0.3 is 0 Å². The fourth-order valence-electron chi connectivity index (χ4n) is 3.14. The number of hydrogen-bond acceptors (Lipinski definition) is 4. The number of carbonyl (C=O) groups excluding carboxylic acids is 2. The van der Waals surface area contributed by atoms with Crippen molar-refractivity contribution >= 4 is 23.2 Å². The first-order valence-electron chi connectivity index (χ1n) is 8.37. The van der Waals surface area contributed by atoms with E-state index in [4.69, 9.17) is 0 Å². The van der Waals surface area contributed by atoms with Crippen LogP contribution in [-0.4, -0.2) is 32.3 Å². The number of nitrogens with zero attached hydrogens (tertiary/aromatic N) is 3. The molecule has 1 atom stereocenters. The first-order chi connectivity index (χ1) is 12.7. The lowest BCUT2D eigenvalue weighted by Crippen LogP contribution is -2.54. The second-order valence-electron chi connectivity index (χ2n) is 6.15. The van der Waals surface area contributed by atoms with E-state index in [1.807, 2.05) is 46.5 Å². The van der Waals surface area contributed by atoms with E-state index in [1.165, 1.54) is 0 Å². The first-order valence-corrected chi connectivity index (χ1v) is 9.25. The third-order valence-electron chi connectivity index (χ3n) is 4.45. The summed E-state index contributed by atoms with van der Waals surface area (Å²) < 4.78 is 1.84. The summed E-state index contributed by atoms with van der Waals surface area (Å²) in [6.45, 7) is 1.28. The molecular formula is C19H18N4O2S. The zero-order chi connectivity index (χ0) is 17.9. The van der Waals surface area contributed by atoms with E-state index < -0.39 is 6.04 Å². The van der Waals surface area contributed by atoms with Gasteiger partial charge in [-0.1, -0.05) is 12.1 Å². The number of rotatable bonds is 5. The molecule has 2 amide bonds. The molecule has 1 N–H and O–H groups in total. The third kappa shape index (κ3) is 3.25. The van der Waals surface area contributed by atoms with Gasteiger partial charge < -0.3 is 14.8 Å². The zero-order valence-electron chi connectivity index (χ0n) is 14.0. The van der Waals surface area contributed by atoms with Gasteiger partial charge in [0, 0.05) is 30.0 Å². The molecule has 0 aliphatic carbocycles. The van der Waals surface area contributed by atoms with Crippen LogP contribution in [0.4, 0.5) is 0 Å². The number of carbonyl (C=O) groups is 2. The van der Waals surface area contributed by atoms with E-state index >= 15 is 0 Å². The lowest BCUT2D eigenvalue weighted by atomic mass is 10.1. The summed E-state index contributed by atoms with van der Waals surface area (Å²) >= 11 is 1.60. The SMILES string of the molecule is O=C(NCc1cccs1)C1Cn2cccc2C(=O)N1Cc1cccnc1. The summed E-state index contributed by atoms with van der Waals surface area (Å²) in [5.41, 5.74) is 1.51. The molecule has 132 valence electrons. The summed E-state index contributed by atoms with van der Waals surface area (Å²) in [5, 5.41) is 4.94. The van der Waals surface area contributed by atoms with Crippen LogP contribution in [-0.2, 0) is 24.4 Å². The molecule has 0 aromatic carbocycles. The van der Waals surface area contributed by atoms with Gasteiger partial charge in [0.15, 0.2) is 0 Å². The first kappa shape index (κ1) is 16.5. The Balaban J connectivity index is 1.57. The van der Waals surface area contributed by atoms with E-state index in [-0.39, 0.29) is 11.8 Å². The second-order valence-corrected chi connectivity index (χ2v) is 7.19. The molecule has 7 heteroatoms. The van der Waals surface area contributed by atoms with Crippen LogP contribution in [0.15, 0.2) is 60.4 Å². The van der Waals surface area contributed by atoms with Crippen LogP contribution in [0.25, 0.3) is 0 Å². The predicted molar refractivity (Wildman–Crippen MR) is 98.5 cm³/mol. The van der Waals surface area contributed by atoms with Crippen LogP contribution >= 0.6 is 11.3 Å². The highest BCUT2D eigenvalue weighted by atomic mass is 32.1. The number of amides is 2. The highest BCUT2D eigenvalue weighted by Gasteiger charge is 2.36. The van der Waals surface area contributed by atoms with Crippen LogP contribution < -0.4 is 5.32 Å². The van der Waals surface area contributed by atoms with Crippen molar-refractivity contribution < 1.29 is 9.59 Å². The topological polar surface area (TPSA) is 67.2 Å². The Hall–Kier alpha value is -2.93. The molecule has 3 aromatic rings. The normalized spacial score (nSPS) is 16.4. The van der Waals surface area contributed by atoms with Gasteiger partial charge in [-0.25, -0.2) is 0 Å². The average Bonchev–Trinajstić information content (AvgIpc) is 3.34. The van der Waals surface area contributed by atoms with Crippen molar-refractivity contribution in [1.82, 2.24) is 19.8 Å². The largest absolute Gasteiger partial charge is 0.349 e. The third-order valence-corrected chi connectivity index (χ3v) is 5.33. The zero-order valence-corrected chi connectivity index (χ0v) is 14.9. The Labute approximate surface area is 155 Å². The number of pyridine rings is 1. The molecule has 0 fully saturated rings. The predicted octanol–water partition coefficient (Wildman–Crippen LogP) is 2.29. The Bertz CT molecular complexity index is 905. The lowest BCUT2D eigenvalue weighted by molar-refractivity contribution is -0.126. The van der Waals surface area contributed by atoms with E-state index in [2.05, 4.69) is 10.3 Å². The van der Waals surface area contributed by atoms with Gasteiger partial charge in [-0.3, -0.25) is 14.6 Å². The Morgan fingerprint density at radius 1 is 1.27 bits per heavy atom. The maximum Gasteiger partial charge on any atom is 0.271 e. The van der Waals surface area contributed by atoms with E-state index in [0.717, 1.165) is 10.4 Å². The highest BCUT2D eigenvalue weighted by molar-refractivity contribution is 7.09. The molecule has 1 aliphatic heterocycles. The molecule has 4 heterocycles. The molecular weight excluding hydrogens is 348 g/mol. The summed E-state index contributed by atoms with van der Waals surface area (Å²) in [5.74, 6) is -0.281. The minimum atomic E-state index is -0.553. The van der Waals surface area contributed by atoms with Gasteiger partial charge in [-0.05, 0) is 35.2 Å². The quantitative estimate of drug-likeness (QED) is 0.753. The Morgan fingerprint density at radius 3 is 2.96 bits per heavy atom. The summed E-state index contributed by atoms with van der Waals surface area (Å²) in [7, 11) is 0. The van der Waals surface area contributed by atoms with Gasteiger partial charge in [0.25, 0.3) is 5.91 Å². The number of nitrogens with one attached hydrogen (secondary N) is 1.